The average molecular weight is 429 g/mol. The van der Waals surface area contributed by atoms with Crippen molar-refractivity contribution in [2.24, 2.45) is 9.98 Å². The Hall–Kier alpha value is -3.70. The lowest BCUT2D eigenvalue weighted by Gasteiger charge is -2.21. The number of rotatable bonds is 2. The van der Waals surface area contributed by atoms with E-state index < -0.39 is 10.8 Å². The Balaban J connectivity index is 1.91. The van der Waals surface area contributed by atoms with Crippen molar-refractivity contribution >= 4 is 55.5 Å². The van der Waals surface area contributed by atoms with Gasteiger partial charge in [-0.3, -0.25) is 0 Å². The number of nitrogens with zero attached hydrogens (tertiary/aromatic N) is 8. The van der Waals surface area contributed by atoms with E-state index in [1.54, 1.807) is 24.3 Å². The first kappa shape index (κ1) is 19.6. The van der Waals surface area contributed by atoms with Crippen LogP contribution in [0.2, 0.25) is 0 Å². The van der Waals surface area contributed by atoms with Crippen LogP contribution in [0.25, 0.3) is 11.1 Å². The van der Waals surface area contributed by atoms with Gasteiger partial charge in [0.15, 0.2) is 0 Å². The summed E-state index contributed by atoms with van der Waals surface area (Å²) >= 11 is 2.73. The molecule has 4 rings (SSSR count). The van der Waals surface area contributed by atoms with Crippen molar-refractivity contribution in [3.8, 4) is 24.3 Å². The minimum absolute atomic E-state index is 0.228. The van der Waals surface area contributed by atoms with Crippen molar-refractivity contribution in [1.29, 1.82) is 21.0 Å². The second kappa shape index (κ2) is 6.40. The molecule has 8 nitrogen and oxygen atoms in total. The molecule has 144 valence electrons. The Labute approximate surface area is 180 Å². The van der Waals surface area contributed by atoms with Crippen LogP contribution < -0.4 is 0 Å². The third kappa shape index (κ3) is 2.52. The molecule has 2 aliphatic rings. The van der Waals surface area contributed by atoms with Gasteiger partial charge in [-0.2, -0.15) is 31.0 Å². The summed E-state index contributed by atoms with van der Waals surface area (Å²) in [5, 5.41) is 36.7. The van der Waals surface area contributed by atoms with Gasteiger partial charge in [0, 0.05) is 10.8 Å². The molecule has 0 spiro atoms. The van der Waals surface area contributed by atoms with Crippen molar-refractivity contribution in [2.75, 3.05) is 0 Å². The number of hydrogen-bond acceptors (Lipinski definition) is 10. The number of nitriles is 4. The first-order chi connectivity index (χ1) is 14.2. The third-order valence-electron chi connectivity index (χ3n) is 5.21. The zero-order chi connectivity index (χ0) is 21.8. The van der Waals surface area contributed by atoms with Crippen LogP contribution in [0.4, 0.5) is 10.3 Å². The maximum atomic E-state index is 8.99. The van der Waals surface area contributed by atoms with Crippen molar-refractivity contribution in [3.05, 3.63) is 21.1 Å². The molecule has 0 aromatic carbocycles. The Morgan fingerprint density at radius 1 is 0.700 bits per heavy atom. The number of aromatic nitrogens is 2. The molecule has 0 radical (unpaired) electrons. The van der Waals surface area contributed by atoms with E-state index in [1.807, 2.05) is 0 Å². The van der Waals surface area contributed by atoms with Gasteiger partial charge in [0.2, 0.25) is 21.7 Å². The molecule has 0 saturated carbocycles. The van der Waals surface area contributed by atoms with Crippen LogP contribution in [0.15, 0.2) is 9.98 Å². The molecule has 0 N–H and O–H groups in total. The van der Waals surface area contributed by atoms with Crippen molar-refractivity contribution in [3.63, 3.8) is 0 Å². The van der Waals surface area contributed by atoms with Gasteiger partial charge in [-0.25, -0.2) is 9.97 Å². The second-order valence-electron chi connectivity index (χ2n) is 7.72. The molecule has 0 amide bonds. The summed E-state index contributed by atoms with van der Waals surface area (Å²) < 4.78 is 0. The molecule has 2 heterocycles. The summed E-state index contributed by atoms with van der Waals surface area (Å²) in [4.78, 5) is 19.4. The first-order valence-electron chi connectivity index (χ1n) is 8.75. The summed E-state index contributed by atoms with van der Waals surface area (Å²) in [5.41, 5.74) is 2.62. The van der Waals surface area contributed by atoms with Crippen molar-refractivity contribution in [1.82, 2.24) is 9.97 Å². The van der Waals surface area contributed by atoms with Gasteiger partial charge in [-0.1, -0.05) is 50.4 Å². The highest BCUT2D eigenvalue weighted by molar-refractivity contribution is 7.18. The molecule has 2 aromatic heterocycles. The minimum Gasteiger partial charge on any atom is -0.222 e. The van der Waals surface area contributed by atoms with Gasteiger partial charge in [0.05, 0.1) is 21.1 Å². The summed E-state index contributed by atoms with van der Waals surface area (Å²) in [6.07, 6.45) is 0. The fourth-order valence-electron chi connectivity index (χ4n) is 3.90. The lowest BCUT2D eigenvalue weighted by molar-refractivity contribution is 0.674. The Kier molecular flexibility index (Phi) is 4.19. The van der Waals surface area contributed by atoms with Gasteiger partial charge < -0.3 is 0 Å². The van der Waals surface area contributed by atoms with Crippen LogP contribution >= 0.6 is 22.7 Å². The number of aliphatic imine (C=N–C) groups is 2. The highest BCUT2D eigenvalue weighted by Gasteiger charge is 2.53. The first-order valence-corrected chi connectivity index (χ1v) is 10.4. The zero-order valence-electron chi connectivity index (χ0n) is 16.4. The summed E-state index contributed by atoms with van der Waals surface area (Å²) in [6.45, 7) is 8.28. The van der Waals surface area contributed by atoms with Gasteiger partial charge in [-0.15, -0.1) is 0 Å². The fourth-order valence-corrected chi connectivity index (χ4v) is 6.52. The molecule has 0 atom stereocenters. The second-order valence-corrected chi connectivity index (χ2v) is 9.67. The van der Waals surface area contributed by atoms with E-state index in [2.05, 4.69) is 47.6 Å². The highest BCUT2D eigenvalue weighted by Crippen LogP contribution is 2.65. The predicted octanol–water partition coefficient (Wildman–Crippen LogP) is 4.33. The average Bonchev–Trinajstić information content (AvgIpc) is 3.40. The van der Waals surface area contributed by atoms with Crippen LogP contribution in [-0.2, 0) is 10.8 Å². The molecule has 0 fully saturated rings. The van der Waals surface area contributed by atoms with E-state index in [0.717, 1.165) is 32.3 Å². The Morgan fingerprint density at radius 3 is 1.33 bits per heavy atom. The summed E-state index contributed by atoms with van der Waals surface area (Å²) in [5.74, 6) is 0. The molecule has 30 heavy (non-hydrogen) atoms. The number of fused-ring (bicyclic) bond motifs is 4. The normalized spacial score (nSPS) is 16.3. The van der Waals surface area contributed by atoms with E-state index in [4.69, 9.17) is 21.0 Å². The smallest absolute Gasteiger partial charge is 0.220 e. The van der Waals surface area contributed by atoms with Crippen LogP contribution in [-0.4, -0.2) is 21.4 Å². The Bertz CT molecular complexity index is 1250. The quantitative estimate of drug-likeness (QED) is 0.650. The van der Waals surface area contributed by atoms with Crippen molar-refractivity contribution < 1.29 is 0 Å². The summed E-state index contributed by atoms with van der Waals surface area (Å²) in [6, 6.07) is 7.07. The topological polar surface area (TPSA) is 146 Å². The van der Waals surface area contributed by atoms with Gasteiger partial charge in [-0.05, 0) is 11.1 Å². The third-order valence-corrected chi connectivity index (χ3v) is 7.14. The Morgan fingerprint density at radius 2 is 1.03 bits per heavy atom. The lowest BCUT2D eigenvalue weighted by atomic mass is 9.84. The lowest BCUT2D eigenvalue weighted by Crippen LogP contribution is -2.18. The van der Waals surface area contributed by atoms with Crippen LogP contribution in [0, 0.1) is 45.3 Å². The van der Waals surface area contributed by atoms with E-state index in [1.165, 1.54) is 22.7 Å². The van der Waals surface area contributed by atoms with Gasteiger partial charge >= 0.3 is 0 Å². The molecule has 0 aliphatic heterocycles. The molecule has 0 unspecified atom stereocenters. The van der Waals surface area contributed by atoms with E-state index >= 15 is 0 Å². The largest absolute Gasteiger partial charge is 0.222 e. The maximum absolute atomic E-state index is 8.99. The fraction of sp³-hybridized carbons (Fsp3) is 0.300. The molecular weight excluding hydrogens is 416 g/mol. The molecule has 2 aromatic rings. The maximum Gasteiger partial charge on any atom is 0.220 e. The number of hydrogen-bond donors (Lipinski definition) is 0. The van der Waals surface area contributed by atoms with Gasteiger partial charge in [0.25, 0.3) is 0 Å². The van der Waals surface area contributed by atoms with E-state index in [0.29, 0.717) is 10.3 Å². The van der Waals surface area contributed by atoms with E-state index in [-0.39, 0.29) is 11.4 Å². The monoisotopic (exact) mass is 428 g/mol. The molecule has 2 aliphatic carbocycles. The molecule has 0 saturated heterocycles. The highest BCUT2D eigenvalue weighted by atomic mass is 32.1. The van der Waals surface area contributed by atoms with Gasteiger partial charge in [0.1, 0.15) is 24.3 Å². The van der Waals surface area contributed by atoms with Crippen LogP contribution in [0.3, 0.4) is 0 Å². The minimum atomic E-state index is -0.433. The number of allylic oxidation sites excluding steroid dienone is 2. The van der Waals surface area contributed by atoms with Crippen molar-refractivity contribution in [2.45, 2.75) is 38.5 Å². The summed E-state index contributed by atoms with van der Waals surface area (Å²) in [7, 11) is 0. The zero-order valence-corrected chi connectivity index (χ0v) is 18.0. The molecule has 0 bridgehead atoms. The number of thiazole rings is 2. The molecule has 10 heteroatoms. The SMILES string of the molecule is CC1(C)C2=C(c3sc(N=C(C#N)C#N)nc31)C(C)(C)c1nc(N=C(C#N)C#N)sc12. The standard InChI is InChI=1S/C20H12N8S2/c1-19(2)11-12(14-15(19)27-17(30-14)25-9(5-21)6-22)20(3,4)16-13(11)29-18(28-16)26-10(7-23)8-24/h1-4H3. The van der Waals surface area contributed by atoms with Crippen LogP contribution in [0.5, 0.6) is 0 Å². The van der Waals surface area contributed by atoms with E-state index in [9.17, 15) is 0 Å². The molecular formula is C20H12N8S2. The van der Waals surface area contributed by atoms with Crippen LogP contribution in [0.1, 0.15) is 48.8 Å². The predicted molar refractivity (Wildman–Crippen MR) is 114 cm³/mol.